The Morgan fingerprint density at radius 1 is 0.581 bits per heavy atom. The first kappa shape index (κ1) is 59.9. The van der Waals surface area contributed by atoms with E-state index in [1.165, 1.54) is 89.9 Å². The lowest BCUT2D eigenvalue weighted by Crippen LogP contribution is -2.46. The molecule has 8 nitrogen and oxygen atoms in total. The normalized spacial score (nSPS) is 14.8. The number of phosphoric ester groups is 1. The average molecular weight is 889 g/mol. The summed E-state index contributed by atoms with van der Waals surface area (Å²) >= 11 is 0. The Labute approximate surface area is 383 Å². The van der Waals surface area contributed by atoms with Crippen LogP contribution in [0.15, 0.2) is 72.9 Å². The fraction of sp³-hybridized carbons (Fsp3) is 0.755. The molecule has 0 saturated carbocycles. The van der Waals surface area contributed by atoms with Gasteiger partial charge in [-0.05, 0) is 64.2 Å². The first-order chi connectivity index (χ1) is 30.0. The predicted octanol–water partition coefficient (Wildman–Crippen LogP) is 14.1. The Morgan fingerprint density at radius 2 is 0.984 bits per heavy atom. The standard InChI is InChI=1S/C53H97N2O6P/c1-6-8-10-12-13-14-15-16-17-18-19-20-21-22-23-24-25-26-27-28-29-30-31-32-33-34-35-36-37-38-39-40-41-43-45-47-53(57)54-51(52(56)46-44-42-11-9-7-2)50-61-62(58,59)60-49-48-55(3,4)5/h8,10,13-14,16-17,19-20,22-23,25-26,51-52,56H,6-7,9,11-12,15,18,21,24,27-50H2,1-5H3,(H-,54,57,58,59)/b10-8-,14-13-,17-16-,20-19-,23-22-,26-25-. The molecule has 0 bridgehead atoms. The van der Waals surface area contributed by atoms with Gasteiger partial charge in [0, 0.05) is 6.42 Å². The molecule has 3 atom stereocenters. The van der Waals surface area contributed by atoms with Gasteiger partial charge >= 0.3 is 0 Å². The van der Waals surface area contributed by atoms with Gasteiger partial charge in [-0.15, -0.1) is 0 Å². The van der Waals surface area contributed by atoms with Crippen molar-refractivity contribution in [1.29, 1.82) is 0 Å². The molecule has 0 rings (SSSR count). The van der Waals surface area contributed by atoms with Crippen LogP contribution >= 0.6 is 7.82 Å². The Balaban J connectivity index is 3.83. The van der Waals surface area contributed by atoms with Crippen LogP contribution in [0.5, 0.6) is 0 Å². The molecule has 62 heavy (non-hydrogen) atoms. The van der Waals surface area contributed by atoms with Crippen LogP contribution in [0.1, 0.15) is 206 Å². The van der Waals surface area contributed by atoms with Gasteiger partial charge in [0.25, 0.3) is 7.82 Å². The second-order valence-corrected chi connectivity index (χ2v) is 19.6. The summed E-state index contributed by atoms with van der Waals surface area (Å²) in [5.74, 6) is -0.174. The van der Waals surface area contributed by atoms with Gasteiger partial charge in [0.05, 0.1) is 39.9 Å². The van der Waals surface area contributed by atoms with E-state index in [4.69, 9.17) is 9.05 Å². The summed E-state index contributed by atoms with van der Waals surface area (Å²) in [6.45, 7) is 4.50. The molecule has 0 fully saturated rings. The molecule has 0 radical (unpaired) electrons. The highest BCUT2D eigenvalue weighted by Gasteiger charge is 2.24. The maximum Gasteiger partial charge on any atom is 0.268 e. The number of carbonyl (C=O) groups excluding carboxylic acids is 1. The van der Waals surface area contributed by atoms with E-state index in [1.807, 2.05) is 21.1 Å². The van der Waals surface area contributed by atoms with Gasteiger partial charge in [-0.25, -0.2) is 0 Å². The van der Waals surface area contributed by atoms with E-state index in [0.717, 1.165) is 89.9 Å². The molecule has 0 saturated heterocycles. The van der Waals surface area contributed by atoms with Crippen LogP contribution < -0.4 is 10.2 Å². The summed E-state index contributed by atoms with van der Waals surface area (Å²) < 4.78 is 23.1. The zero-order valence-corrected chi connectivity index (χ0v) is 41.7. The molecule has 0 aliphatic rings. The van der Waals surface area contributed by atoms with Crippen molar-refractivity contribution in [2.75, 3.05) is 40.9 Å². The molecule has 0 spiro atoms. The second-order valence-electron chi connectivity index (χ2n) is 18.1. The Morgan fingerprint density at radius 3 is 1.44 bits per heavy atom. The number of nitrogens with zero attached hydrogens (tertiary/aromatic N) is 1. The highest BCUT2D eigenvalue weighted by atomic mass is 31.2. The number of carbonyl (C=O) groups is 1. The lowest BCUT2D eigenvalue weighted by molar-refractivity contribution is -0.870. The lowest BCUT2D eigenvalue weighted by Gasteiger charge is -2.30. The van der Waals surface area contributed by atoms with Crippen molar-refractivity contribution in [3.8, 4) is 0 Å². The number of unbranched alkanes of at least 4 members (excludes halogenated alkanes) is 20. The van der Waals surface area contributed by atoms with Gasteiger partial charge in [-0.3, -0.25) is 9.36 Å². The van der Waals surface area contributed by atoms with E-state index in [1.54, 1.807) is 0 Å². The molecule has 0 heterocycles. The summed E-state index contributed by atoms with van der Waals surface area (Å²) in [7, 11) is 1.30. The number of allylic oxidation sites excluding steroid dienone is 12. The zero-order chi connectivity index (χ0) is 45.7. The van der Waals surface area contributed by atoms with Crippen LogP contribution in [-0.4, -0.2) is 68.5 Å². The van der Waals surface area contributed by atoms with Gasteiger partial charge < -0.3 is 28.8 Å². The number of likely N-dealkylation sites (N-methyl/N-ethyl adjacent to an activating group) is 1. The van der Waals surface area contributed by atoms with Gasteiger partial charge in [0.15, 0.2) is 0 Å². The van der Waals surface area contributed by atoms with E-state index < -0.39 is 20.0 Å². The number of phosphoric acid groups is 1. The molecule has 3 unspecified atom stereocenters. The van der Waals surface area contributed by atoms with E-state index in [2.05, 4.69) is 92.1 Å². The number of nitrogens with one attached hydrogen (secondary N) is 1. The van der Waals surface area contributed by atoms with Crippen molar-refractivity contribution >= 4 is 13.7 Å². The minimum absolute atomic E-state index is 0.00968. The van der Waals surface area contributed by atoms with Gasteiger partial charge in [0.1, 0.15) is 13.2 Å². The summed E-state index contributed by atoms with van der Waals surface area (Å²) in [4.78, 5) is 25.2. The molecule has 0 aromatic carbocycles. The largest absolute Gasteiger partial charge is 0.756 e. The summed E-state index contributed by atoms with van der Waals surface area (Å²) in [5.41, 5.74) is 0. The number of aliphatic hydroxyl groups excluding tert-OH is 1. The van der Waals surface area contributed by atoms with Gasteiger partial charge in [0.2, 0.25) is 5.91 Å². The van der Waals surface area contributed by atoms with E-state index in [9.17, 15) is 19.4 Å². The molecule has 0 aromatic rings. The van der Waals surface area contributed by atoms with Crippen molar-refractivity contribution in [2.45, 2.75) is 219 Å². The number of hydrogen-bond acceptors (Lipinski definition) is 6. The van der Waals surface area contributed by atoms with Crippen LogP contribution in [-0.2, 0) is 18.4 Å². The van der Waals surface area contributed by atoms with Crippen molar-refractivity contribution in [3.05, 3.63) is 72.9 Å². The first-order valence-corrected chi connectivity index (χ1v) is 26.7. The number of aliphatic hydroxyl groups is 1. The third-order valence-electron chi connectivity index (χ3n) is 11.0. The maximum absolute atomic E-state index is 12.8. The fourth-order valence-corrected chi connectivity index (χ4v) is 7.71. The Hall–Kier alpha value is -2.06. The first-order valence-electron chi connectivity index (χ1n) is 25.3. The monoisotopic (exact) mass is 889 g/mol. The highest BCUT2D eigenvalue weighted by molar-refractivity contribution is 7.45. The smallest absolute Gasteiger partial charge is 0.268 e. The Kier molecular flexibility index (Phi) is 42.7. The quantitative estimate of drug-likeness (QED) is 0.0273. The molecular formula is C53H97N2O6P. The molecule has 360 valence electrons. The summed E-state index contributed by atoms with van der Waals surface area (Å²) in [6, 6.07) is -0.798. The molecular weight excluding hydrogens is 792 g/mol. The number of rotatable bonds is 45. The van der Waals surface area contributed by atoms with Crippen molar-refractivity contribution < 1.29 is 32.9 Å². The minimum Gasteiger partial charge on any atom is -0.756 e. The van der Waals surface area contributed by atoms with Crippen LogP contribution in [0.2, 0.25) is 0 Å². The molecule has 2 N–H and O–H groups in total. The topological polar surface area (TPSA) is 108 Å². The highest BCUT2D eigenvalue weighted by Crippen LogP contribution is 2.38. The minimum atomic E-state index is -4.55. The Bertz CT molecular complexity index is 1240. The second kappa shape index (κ2) is 44.2. The fourth-order valence-electron chi connectivity index (χ4n) is 6.98. The summed E-state index contributed by atoms with van der Waals surface area (Å²) in [6.07, 6.45) is 59.8. The van der Waals surface area contributed by atoms with Crippen molar-refractivity contribution in [1.82, 2.24) is 5.32 Å². The van der Waals surface area contributed by atoms with Crippen LogP contribution in [0, 0.1) is 0 Å². The van der Waals surface area contributed by atoms with E-state index >= 15 is 0 Å². The third-order valence-corrected chi connectivity index (χ3v) is 11.9. The summed E-state index contributed by atoms with van der Waals surface area (Å²) in [5, 5.41) is 13.7. The van der Waals surface area contributed by atoms with Gasteiger partial charge in [-0.1, -0.05) is 209 Å². The van der Waals surface area contributed by atoms with E-state index in [0.29, 0.717) is 23.9 Å². The van der Waals surface area contributed by atoms with Gasteiger partial charge in [-0.2, -0.15) is 0 Å². The van der Waals surface area contributed by atoms with Crippen LogP contribution in [0.4, 0.5) is 0 Å². The third kappa shape index (κ3) is 45.9. The predicted molar refractivity (Wildman–Crippen MR) is 265 cm³/mol. The number of quaternary nitrogens is 1. The maximum atomic E-state index is 12.8. The molecule has 0 aromatic heterocycles. The molecule has 1 amide bonds. The SMILES string of the molecule is CC/C=C\C/C=C\C/C=C\C/C=C\C/C=C\C/C=C\CCCCCCCCCCCCCCCCCCC(=O)NC(COP(=O)([O-])OCC[N+](C)(C)C)C(O)CCCCCCC. The zero-order valence-electron chi connectivity index (χ0n) is 40.8. The average Bonchev–Trinajstić information content (AvgIpc) is 3.23. The van der Waals surface area contributed by atoms with Crippen molar-refractivity contribution in [3.63, 3.8) is 0 Å². The number of hydrogen-bond donors (Lipinski definition) is 2. The molecule has 9 heteroatoms. The molecule has 0 aliphatic heterocycles. The van der Waals surface area contributed by atoms with Crippen LogP contribution in [0.25, 0.3) is 0 Å². The van der Waals surface area contributed by atoms with Crippen molar-refractivity contribution in [2.24, 2.45) is 0 Å². The number of amides is 1. The molecule has 0 aliphatic carbocycles. The van der Waals surface area contributed by atoms with E-state index in [-0.39, 0.29) is 19.1 Å². The lowest BCUT2D eigenvalue weighted by atomic mass is 10.0. The van der Waals surface area contributed by atoms with Crippen LogP contribution in [0.3, 0.4) is 0 Å².